The predicted octanol–water partition coefficient (Wildman–Crippen LogP) is 3.70. The number of rotatable bonds is 8. The minimum atomic E-state index is -2.98. The van der Waals surface area contributed by atoms with Crippen molar-refractivity contribution in [2.75, 3.05) is 0 Å². The summed E-state index contributed by atoms with van der Waals surface area (Å²) in [6, 6.07) is 5.61. The van der Waals surface area contributed by atoms with Gasteiger partial charge in [0.15, 0.2) is 0 Å². The first kappa shape index (κ1) is 19.4. The molecule has 1 heterocycles. The Balaban J connectivity index is 2.28. The zero-order chi connectivity index (χ0) is 19.3. The fourth-order valence-electron chi connectivity index (χ4n) is 2.67. The van der Waals surface area contributed by atoms with Gasteiger partial charge in [-0.1, -0.05) is 25.1 Å². The first-order chi connectivity index (χ1) is 12.3. The number of carbonyl (C=O) groups excluding carboxylic acids is 1. The molecule has 1 aromatic heterocycles. The highest BCUT2D eigenvalue weighted by Crippen LogP contribution is 2.29. The molecule has 0 aliphatic heterocycles. The van der Waals surface area contributed by atoms with Crippen LogP contribution in [0.1, 0.15) is 46.6 Å². The van der Waals surface area contributed by atoms with E-state index in [0.717, 1.165) is 0 Å². The lowest BCUT2D eigenvalue weighted by Crippen LogP contribution is -2.29. The van der Waals surface area contributed by atoms with Crippen LogP contribution in [0.5, 0.6) is 5.75 Å². The monoisotopic (exact) mass is 367 g/mol. The lowest BCUT2D eigenvalue weighted by atomic mass is 10.0. The van der Waals surface area contributed by atoms with E-state index in [2.05, 4.69) is 10.1 Å². The quantitative estimate of drug-likeness (QED) is 0.743. The normalized spacial score (nSPS) is 12.0. The van der Waals surface area contributed by atoms with Crippen molar-refractivity contribution in [2.24, 2.45) is 0 Å². The second-order valence-electron chi connectivity index (χ2n) is 5.64. The number of nitrogens with one attached hydrogen (secondary N) is 1. The number of para-hydroxylation sites is 1. The molecule has 26 heavy (non-hydrogen) atoms. The molecule has 140 valence electrons. The molecule has 6 nitrogen and oxygen atoms in total. The van der Waals surface area contributed by atoms with Crippen LogP contribution < -0.4 is 10.1 Å². The lowest BCUT2D eigenvalue weighted by molar-refractivity contribution is -0.136. The van der Waals surface area contributed by atoms with Gasteiger partial charge < -0.3 is 19.6 Å². The minimum Gasteiger partial charge on any atom is -0.481 e. The Kier molecular flexibility index (Phi) is 6.32. The number of carboxylic acids is 1. The number of benzene rings is 1. The smallest absolute Gasteiger partial charge is 0.387 e. The summed E-state index contributed by atoms with van der Waals surface area (Å²) >= 11 is 0. The highest BCUT2D eigenvalue weighted by Gasteiger charge is 2.24. The summed E-state index contributed by atoms with van der Waals surface area (Å²) < 4.78 is 34.9. The van der Waals surface area contributed by atoms with Gasteiger partial charge in [-0.3, -0.25) is 9.59 Å². The molecule has 2 aromatic rings. The molecule has 1 unspecified atom stereocenters. The Morgan fingerprint density at radius 1 is 1.31 bits per heavy atom. The fraction of sp³-hybridized carbons (Fsp3) is 0.333. The number of hydrogen-bond acceptors (Lipinski definition) is 4. The van der Waals surface area contributed by atoms with Crippen LogP contribution >= 0.6 is 0 Å². The summed E-state index contributed by atoms with van der Waals surface area (Å²) in [5.74, 6) is -1.65. The molecule has 0 aliphatic carbocycles. The lowest BCUT2D eigenvalue weighted by Gasteiger charge is -2.20. The molecule has 0 saturated carbocycles. The van der Waals surface area contributed by atoms with Gasteiger partial charge in [0, 0.05) is 11.1 Å². The minimum absolute atomic E-state index is 0.0238. The number of carbonyl (C=O) groups is 2. The molecule has 2 N–H and O–H groups in total. The molecule has 0 fully saturated rings. The summed E-state index contributed by atoms with van der Waals surface area (Å²) in [6.07, 6.45) is 1.29. The van der Waals surface area contributed by atoms with Crippen molar-refractivity contribution in [1.82, 2.24) is 5.32 Å². The van der Waals surface area contributed by atoms with Gasteiger partial charge in [0.25, 0.3) is 5.91 Å². The van der Waals surface area contributed by atoms with Crippen LogP contribution in [-0.2, 0) is 11.2 Å². The SMILES string of the molecule is CCC(NC(=O)c1c(C)coc1CC(=O)O)c1ccccc1OC(F)F. The maximum atomic E-state index is 12.7. The van der Waals surface area contributed by atoms with E-state index >= 15 is 0 Å². The zero-order valence-electron chi connectivity index (χ0n) is 14.3. The van der Waals surface area contributed by atoms with Crippen molar-refractivity contribution in [3.63, 3.8) is 0 Å². The molecular weight excluding hydrogens is 348 g/mol. The molecule has 0 radical (unpaired) electrons. The maximum Gasteiger partial charge on any atom is 0.387 e. The number of aryl methyl sites for hydroxylation is 1. The summed E-state index contributed by atoms with van der Waals surface area (Å²) in [5.41, 5.74) is 1.04. The van der Waals surface area contributed by atoms with Gasteiger partial charge in [-0.25, -0.2) is 0 Å². The van der Waals surface area contributed by atoms with E-state index in [-0.39, 0.29) is 17.1 Å². The van der Waals surface area contributed by atoms with Gasteiger partial charge in [0.2, 0.25) is 0 Å². The third-order valence-corrected chi connectivity index (χ3v) is 3.81. The number of ether oxygens (including phenoxy) is 1. The van der Waals surface area contributed by atoms with Gasteiger partial charge in [-0.2, -0.15) is 8.78 Å². The summed E-state index contributed by atoms with van der Waals surface area (Å²) in [7, 11) is 0. The Morgan fingerprint density at radius 3 is 2.62 bits per heavy atom. The van der Waals surface area contributed by atoms with Gasteiger partial charge in [0.05, 0.1) is 17.9 Å². The summed E-state index contributed by atoms with van der Waals surface area (Å²) in [6.45, 7) is 0.422. The number of hydrogen-bond donors (Lipinski definition) is 2. The molecule has 0 bridgehead atoms. The van der Waals surface area contributed by atoms with E-state index < -0.39 is 31.0 Å². The third-order valence-electron chi connectivity index (χ3n) is 3.81. The van der Waals surface area contributed by atoms with Crippen molar-refractivity contribution in [1.29, 1.82) is 0 Å². The van der Waals surface area contributed by atoms with Crippen LogP contribution in [0.25, 0.3) is 0 Å². The van der Waals surface area contributed by atoms with E-state index in [1.54, 1.807) is 32.0 Å². The van der Waals surface area contributed by atoms with Crippen molar-refractivity contribution >= 4 is 11.9 Å². The molecule has 2 rings (SSSR count). The largest absolute Gasteiger partial charge is 0.481 e. The number of halogens is 2. The Morgan fingerprint density at radius 2 is 2.00 bits per heavy atom. The Hall–Kier alpha value is -2.90. The first-order valence-electron chi connectivity index (χ1n) is 7.96. The number of alkyl halides is 2. The molecule has 1 atom stereocenters. The number of carboxylic acid groups (broad SMARTS) is 1. The second-order valence-corrected chi connectivity index (χ2v) is 5.64. The molecule has 1 amide bonds. The van der Waals surface area contributed by atoms with Crippen molar-refractivity contribution in [2.45, 2.75) is 39.3 Å². The summed E-state index contributed by atoms with van der Waals surface area (Å²) in [4.78, 5) is 23.6. The topological polar surface area (TPSA) is 88.8 Å². The van der Waals surface area contributed by atoms with Gasteiger partial charge in [-0.15, -0.1) is 0 Å². The van der Waals surface area contributed by atoms with Crippen LogP contribution in [0.3, 0.4) is 0 Å². The van der Waals surface area contributed by atoms with Crippen LogP contribution in [0.2, 0.25) is 0 Å². The highest BCUT2D eigenvalue weighted by molar-refractivity contribution is 5.97. The van der Waals surface area contributed by atoms with Crippen LogP contribution in [0.4, 0.5) is 8.78 Å². The zero-order valence-corrected chi connectivity index (χ0v) is 14.3. The van der Waals surface area contributed by atoms with Gasteiger partial charge >= 0.3 is 12.6 Å². The Bertz CT molecular complexity index is 788. The average molecular weight is 367 g/mol. The average Bonchev–Trinajstić information content (AvgIpc) is 2.92. The molecule has 8 heteroatoms. The fourth-order valence-corrected chi connectivity index (χ4v) is 2.67. The van der Waals surface area contributed by atoms with E-state index in [4.69, 9.17) is 9.52 Å². The molecule has 1 aromatic carbocycles. The van der Waals surface area contributed by atoms with Crippen molar-refractivity contribution in [3.05, 3.63) is 53.0 Å². The van der Waals surface area contributed by atoms with Crippen LogP contribution in [0.15, 0.2) is 34.9 Å². The van der Waals surface area contributed by atoms with Crippen molar-refractivity contribution in [3.8, 4) is 5.75 Å². The Labute approximate surface area is 148 Å². The number of amides is 1. The number of aliphatic carboxylic acids is 1. The maximum absolute atomic E-state index is 12.7. The standard InChI is InChI=1S/C18H19F2NO5/c1-3-12(11-6-4-5-7-13(11)26-18(19)20)21-17(24)16-10(2)9-25-14(16)8-15(22)23/h4-7,9,12,18H,3,8H2,1-2H3,(H,21,24)(H,22,23). The van der Waals surface area contributed by atoms with Gasteiger partial charge in [-0.05, 0) is 19.4 Å². The van der Waals surface area contributed by atoms with E-state index in [0.29, 0.717) is 17.5 Å². The van der Waals surface area contributed by atoms with E-state index in [9.17, 15) is 18.4 Å². The first-order valence-corrected chi connectivity index (χ1v) is 7.96. The van der Waals surface area contributed by atoms with E-state index in [1.807, 2.05) is 0 Å². The van der Waals surface area contributed by atoms with Crippen molar-refractivity contribution < 1.29 is 32.6 Å². The van der Waals surface area contributed by atoms with Crippen LogP contribution in [0, 0.1) is 6.92 Å². The molecular formula is C18H19F2NO5. The molecule has 0 aliphatic rings. The van der Waals surface area contributed by atoms with Gasteiger partial charge in [0.1, 0.15) is 17.9 Å². The molecule has 0 saturated heterocycles. The van der Waals surface area contributed by atoms with E-state index in [1.165, 1.54) is 12.3 Å². The number of furan rings is 1. The summed E-state index contributed by atoms with van der Waals surface area (Å²) in [5, 5.41) is 11.7. The third kappa shape index (κ3) is 4.59. The second kappa shape index (κ2) is 8.46. The highest BCUT2D eigenvalue weighted by atomic mass is 19.3. The molecule has 0 spiro atoms. The predicted molar refractivity (Wildman–Crippen MR) is 88.4 cm³/mol. The van der Waals surface area contributed by atoms with Crippen LogP contribution in [-0.4, -0.2) is 23.6 Å².